The number of anilines is 2. The van der Waals surface area contributed by atoms with Gasteiger partial charge >= 0.3 is 0 Å². The Morgan fingerprint density at radius 1 is 0.943 bits per heavy atom. The molecule has 5 aromatic rings. The van der Waals surface area contributed by atoms with Gasteiger partial charge in [-0.1, -0.05) is 24.3 Å². The molecule has 2 aromatic carbocycles. The van der Waals surface area contributed by atoms with Crippen LogP contribution in [-0.2, 0) is 6.54 Å². The van der Waals surface area contributed by atoms with Crippen LogP contribution in [0.5, 0.6) is 0 Å². The molecule has 4 heterocycles. The number of β-amino-alcohol motifs (C(OH)–C–C–N with tert-alkyl or cyclic N) is 1. The molecule has 0 saturated carbocycles. The number of aromatic amines is 1. The summed E-state index contributed by atoms with van der Waals surface area (Å²) >= 11 is 1.78. The van der Waals surface area contributed by atoms with Gasteiger partial charge in [0.05, 0.1) is 22.5 Å². The molecule has 3 N–H and O–H groups in total. The van der Waals surface area contributed by atoms with E-state index >= 15 is 0 Å². The fourth-order valence-electron chi connectivity index (χ4n) is 4.81. The third kappa shape index (κ3) is 4.81. The minimum atomic E-state index is 0.246. The van der Waals surface area contributed by atoms with Gasteiger partial charge in [0.25, 0.3) is 0 Å². The lowest BCUT2D eigenvalue weighted by atomic mass is 10.1. The smallest absolute Gasteiger partial charge is 0.0837 e. The van der Waals surface area contributed by atoms with E-state index in [0.717, 1.165) is 61.7 Å². The third-order valence-corrected chi connectivity index (χ3v) is 7.98. The summed E-state index contributed by atoms with van der Waals surface area (Å²) in [5, 5.41) is 13.9. The molecule has 0 spiro atoms. The van der Waals surface area contributed by atoms with Crippen molar-refractivity contribution in [1.29, 1.82) is 0 Å². The van der Waals surface area contributed by atoms with Crippen LogP contribution in [0.1, 0.15) is 5.56 Å². The van der Waals surface area contributed by atoms with Crippen LogP contribution in [-0.4, -0.2) is 64.2 Å². The van der Waals surface area contributed by atoms with Crippen LogP contribution in [0, 0.1) is 0 Å². The molecule has 1 aliphatic rings. The Labute approximate surface area is 208 Å². The SMILES string of the molecule is OCCN1CCN(Cc2ccc(-c3cc4nccc(Nc5ccc6[nH]ccc6c5)c4s3)cc2)CC1. The van der Waals surface area contributed by atoms with Gasteiger partial charge in [0.1, 0.15) is 0 Å². The van der Waals surface area contributed by atoms with E-state index in [9.17, 15) is 0 Å². The van der Waals surface area contributed by atoms with Gasteiger partial charge < -0.3 is 15.4 Å². The highest BCUT2D eigenvalue weighted by molar-refractivity contribution is 7.22. The van der Waals surface area contributed by atoms with Crippen molar-refractivity contribution in [1.82, 2.24) is 19.8 Å². The van der Waals surface area contributed by atoms with Crippen molar-refractivity contribution in [3.05, 3.63) is 78.6 Å². The number of hydrogen-bond acceptors (Lipinski definition) is 6. The van der Waals surface area contributed by atoms with Gasteiger partial charge in [-0.3, -0.25) is 14.8 Å². The number of nitrogens with zero attached hydrogens (tertiary/aromatic N) is 3. The monoisotopic (exact) mass is 483 g/mol. The first-order chi connectivity index (χ1) is 17.2. The van der Waals surface area contributed by atoms with E-state index in [1.54, 1.807) is 11.3 Å². The predicted octanol–water partition coefficient (Wildman–Crippen LogP) is 5.30. The number of thiophene rings is 1. The Balaban J connectivity index is 1.17. The number of aliphatic hydroxyl groups excluding tert-OH is 1. The molecule has 0 radical (unpaired) electrons. The molecule has 0 bridgehead atoms. The second kappa shape index (κ2) is 9.79. The van der Waals surface area contributed by atoms with Crippen LogP contribution < -0.4 is 5.32 Å². The lowest BCUT2D eigenvalue weighted by Crippen LogP contribution is -2.46. The maximum Gasteiger partial charge on any atom is 0.0837 e. The summed E-state index contributed by atoms with van der Waals surface area (Å²) in [5.74, 6) is 0. The number of hydrogen-bond donors (Lipinski definition) is 3. The molecule has 3 aromatic heterocycles. The van der Waals surface area contributed by atoms with Crippen LogP contribution in [0.4, 0.5) is 11.4 Å². The molecule has 0 atom stereocenters. The number of pyridine rings is 1. The number of H-pyrrole nitrogens is 1. The van der Waals surface area contributed by atoms with Crippen molar-refractivity contribution >= 4 is 43.8 Å². The summed E-state index contributed by atoms with van der Waals surface area (Å²) in [6.07, 6.45) is 3.84. The normalized spacial score (nSPS) is 15.2. The van der Waals surface area contributed by atoms with E-state index < -0.39 is 0 Å². The second-order valence-corrected chi connectivity index (χ2v) is 10.2. The standard InChI is InChI=1S/C28H29N5OS/c34-16-15-32-11-13-33(14-12-32)19-20-1-3-21(4-2-20)27-18-26-28(35-27)25(8-10-30-26)31-23-5-6-24-22(17-23)7-9-29-24/h1-10,17-18,29,34H,11-16,19H2,(H,30,31). The zero-order chi connectivity index (χ0) is 23.6. The van der Waals surface area contributed by atoms with Gasteiger partial charge in [-0.15, -0.1) is 11.3 Å². The van der Waals surface area contributed by atoms with Crippen molar-refractivity contribution in [3.8, 4) is 10.4 Å². The van der Waals surface area contributed by atoms with Crippen LogP contribution in [0.25, 0.3) is 31.6 Å². The highest BCUT2D eigenvalue weighted by atomic mass is 32.1. The van der Waals surface area contributed by atoms with Crippen molar-refractivity contribution in [2.75, 3.05) is 44.6 Å². The number of aliphatic hydroxyl groups is 1. The molecule has 1 aliphatic heterocycles. The molecule has 6 rings (SSSR count). The molecule has 6 nitrogen and oxygen atoms in total. The highest BCUT2D eigenvalue weighted by Crippen LogP contribution is 2.37. The fraction of sp³-hybridized carbons (Fsp3) is 0.250. The first-order valence-corrected chi connectivity index (χ1v) is 12.9. The Morgan fingerprint density at radius 3 is 2.60 bits per heavy atom. The zero-order valence-corrected chi connectivity index (χ0v) is 20.4. The van der Waals surface area contributed by atoms with Crippen molar-refractivity contribution in [2.45, 2.75) is 6.54 Å². The summed E-state index contributed by atoms with van der Waals surface area (Å²) in [6, 6.07) is 21.7. The van der Waals surface area contributed by atoms with Gasteiger partial charge in [-0.25, -0.2) is 0 Å². The number of benzene rings is 2. The van der Waals surface area contributed by atoms with E-state index in [-0.39, 0.29) is 6.61 Å². The third-order valence-electron chi connectivity index (χ3n) is 6.77. The number of piperazine rings is 1. The van der Waals surface area contributed by atoms with Crippen molar-refractivity contribution < 1.29 is 5.11 Å². The highest BCUT2D eigenvalue weighted by Gasteiger charge is 2.16. The molecule has 0 amide bonds. The average molecular weight is 484 g/mol. The molecular formula is C28H29N5OS. The lowest BCUT2D eigenvalue weighted by Gasteiger charge is -2.34. The van der Waals surface area contributed by atoms with E-state index in [2.05, 4.69) is 79.7 Å². The summed E-state index contributed by atoms with van der Waals surface area (Å²) in [7, 11) is 0. The number of aromatic nitrogens is 2. The number of nitrogens with one attached hydrogen (secondary N) is 2. The Morgan fingerprint density at radius 2 is 1.77 bits per heavy atom. The first-order valence-electron chi connectivity index (χ1n) is 12.1. The van der Waals surface area contributed by atoms with Crippen molar-refractivity contribution in [2.24, 2.45) is 0 Å². The van der Waals surface area contributed by atoms with Crippen LogP contribution in [0.2, 0.25) is 0 Å². The minimum Gasteiger partial charge on any atom is -0.395 e. The maximum absolute atomic E-state index is 9.13. The summed E-state index contributed by atoms with van der Waals surface area (Å²) in [5.41, 5.74) is 6.87. The minimum absolute atomic E-state index is 0.246. The summed E-state index contributed by atoms with van der Waals surface area (Å²) in [6.45, 7) is 6.17. The molecule has 0 aliphatic carbocycles. The molecular weight excluding hydrogens is 454 g/mol. The predicted molar refractivity (Wildman–Crippen MR) is 145 cm³/mol. The van der Waals surface area contributed by atoms with Crippen LogP contribution in [0.15, 0.2) is 73.1 Å². The first kappa shape index (κ1) is 22.2. The Hall–Kier alpha value is -3.23. The molecule has 0 unspecified atom stereocenters. The maximum atomic E-state index is 9.13. The molecule has 35 heavy (non-hydrogen) atoms. The topological polar surface area (TPSA) is 67.4 Å². The van der Waals surface area contributed by atoms with Gasteiger partial charge in [-0.05, 0) is 47.5 Å². The van der Waals surface area contributed by atoms with Gasteiger partial charge in [0, 0.05) is 73.1 Å². The van der Waals surface area contributed by atoms with Crippen molar-refractivity contribution in [3.63, 3.8) is 0 Å². The second-order valence-electron chi connectivity index (χ2n) is 9.13. The molecule has 1 fully saturated rings. The van der Waals surface area contributed by atoms with E-state index in [1.165, 1.54) is 26.1 Å². The Kier molecular flexibility index (Phi) is 6.22. The summed E-state index contributed by atoms with van der Waals surface area (Å²) < 4.78 is 1.17. The van der Waals surface area contributed by atoms with Crippen LogP contribution in [0.3, 0.4) is 0 Å². The van der Waals surface area contributed by atoms with Gasteiger partial charge in [0.2, 0.25) is 0 Å². The molecule has 1 saturated heterocycles. The lowest BCUT2D eigenvalue weighted by molar-refractivity contribution is 0.108. The zero-order valence-electron chi connectivity index (χ0n) is 19.6. The Bertz CT molecular complexity index is 1430. The van der Waals surface area contributed by atoms with E-state index in [1.807, 2.05) is 18.5 Å². The quantitative estimate of drug-likeness (QED) is 0.293. The number of fused-ring (bicyclic) bond motifs is 2. The average Bonchev–Trinajstić information content (AvgIpc) is 3.53. The molecule has 7 heteroatoms. The van der Waals surface area contributed by atoms with Gasteiger partial charge in [0.15, 0.2) is 0 Å². The van der Waals surface area contributed by atoms with E-state index in [0.29, 0.717) is 0 Å². The number of rotatable bonds is 7. The van der Waals surface area contributed by atoms with Gasteiger partial charge in [-0.2, -0.15) is 0 Å². The molecule has 178 valence electrons. The fourth-order valence-corrected chi connectivity index (χ4v) is 5.90. The van der Waals surface area contributed by atoms with E-state index in [4.69, 9.17) is 5.11 Å². The summed E-state index contributed by atoms with van der Waals surface area (Å²) in [4.78, 5) is 13.9. The largest absolute Gasteiger partial charge is 0.395 e. The van der Waals surface area contributed by atoms with Crippen LogP contribution >= 0.6 is 11.3 Å².